The van der Waals surface area contributed by atoms with E-state index in [9.17, 15) is 4.79 Å². The van der Waals surface area contributed by atoms with Gasteiger partial charge in [-0.05, 0) is 26.8 Å². The van der Waals surface area contributed by atoms with Crippen LogP contribution in [-0.2, 0) is 4.79 Å². The van der Waals surface area contributed by atoms with Crippen LogP contribution in [0.2, 0.25) is 0 Å². The molecule has 0 aromatic rings. The third-order valence-corrected chi connectivity index (χ3v) is 2.79. The van der Waals surface area contributed by atoms with E-state index in [1.807, 2.05) is 20.8 Å². The Balaban J connectivity index is 4.37. The van der Waals surface area contributed by atoms with E-state index in [0.29, 0.717) is 18.0 Å². The lowest BCUT2D eigenvalue weighted by Gasteiger charge is -2.29. The molecule has 0 aliphatic carbocycles. The fraction of sp³-hybridized carbons (Fsp3) is 0.833. The van der Waals surface area contributed by atoms with Crippen LogP contribution in [0.3, 0.4) is 0 Å². The number of rotatable bonds is 8. The van der Waals surface area contributed by atoms with E-state index in [-0.39, 0.29) is 18.0 Å². The number of likely N-dealkylation sites (N-methyl/N-ethyl adjacent to an activating group) is 1. The van der Waals surface area contributed by atoms with Crippen LogP contribution >= 0.6 is 12.2 Å². The molecule has 0 aromatic carbocycles. The molecule has 4 nitrogen and oxygen atoms in total. The third-order valence-electron chi connectivity index (χ3n) is 2.63. The average Bonchev–Trinajstić information content (AvgIpc) is 2.21. The van der Waals surface area contributed by atoms with Crippen LogP contribution in [0.4, 0.5) is 0 Å². The molecule has 0 rings (SSSR count). The standard InChI is InChI=1S/C12H25N3OS/c1-5-10(7-11(13)17)15(6-2)8-12(16)14-9(3)4/h9-10H,5-8H2,1-4H3,(H2,13,17)(H,14,16). The van der Waals surface area contributed by atoms with Crippen LogP contribution in [0.25, 0.3) is 0 Å². The summed E-state index contributed by atoms with van der Waals surface area (Å²) < 4.78 is 0. The lowest BCUT2D eigenvalue weighted by atomic mass is 10.1. The lowest BCUT2D eigenvalue weighted by molar-refractivity contribution is -0.123. The van der Waals surface area contributed by atoms with Crippen molar-refractivity contribution < 1.29 is 4.79 Å². The van der Waals surface area contributed by atoms with E-state index in [1.165, 1.54) is 0 Å². The fourth-order valence-electron chi connectivity index (χ4n) is 1.82. The third kappa shape index (κ3) is 7.28. The number of nitrogens with one attached hydrogen (secondary N) is 1. The van der Waals surface area contributed by atoms with Gasteiger partial charge >= 0.3 is 0 Å². The quantitative estimate of drug-likeness (QED) is 0.645. The van der Waals surface area contributed by atoms with Gasteiger partial charge < -0.3 is 11.1 Å². The smallest absolute Gasteiger partial charge is 0.234 e. The second-order valence-electron chi connectivity index (χ2n) is 4.52. The molecule has 1 amide bonds. The zero-order valence-electron chi connectivity index (χ0n) is 11.3. The van der Waals surface area contributed by atoms with Gasteiger partial charge in [-0.25, -0.2) is 0 Å². The van der Waals surface area contributed by atoms with Gasteiger partial charge in [0.1, 0.15) is 0 Å². The molecule has 0 saturated heterocycles. The molecule has 0 bridgehead atoms. The van der Waals surface area contributed by atoms with Crippen molar-refractivity contribution in [3.63, 3.8) is 0 Å². The lowest BCUT2D eigenvalue weighted by Crippen LogP contribution is -2.45. The minimum atomic E-state index is 0.0586. The maximum Gasteiger partial charge on any atom is 0.234 e. The first-order chi connectivity index (χ1) is 7.90. The largest absolute Gasteiger partial charge is 0.393 e. The van der Waals surface area contributed by atoms with Crippen molar-refractivity contribution in [1.82, 2.24) is 10.2 Å². The number of hydrogen-bond acceptors (Lipinski definition) is 3. The summed E-state index contributed by atoms with van der Waals surface area (Å²) in [7, 11) is 0. The molecule has 5 heteroatoms. The second kappa shape index (κ2) is 8.42. The summed E-state index contributed by atoms with van der Waals surface area (Å²) in [6.07, 6.45) is 1.62. The Kier molecular flexibility index (Phi) is 8.08. The molecule has 0 aromatic heterocycles. The van der Waals surface area contributed by atoms with Gasteiger partial charge in [0.05, 0.1) is 11.5 Å². The van der Waals surface area contributed by atoms with Crippen molar-refractivity contribution in [2.75, 3.05) is 13.1 Å². The van der Waals surface area contributed by atoms with Gasteiger partial charge in [0, 0.05) is 18.5 Å². The van der Waals surface area contributed by atoms with E-state index >= 15 is 0 Å². The zero-order chi connectivity index (χ0) is 13.4. The molecule has 0 fully saturated rings. The Labute approximate surface area is 110 Å². The topological polar surface area (TPSA) is 58.4 Å². The summed E-state index contributed by atoms with van der Waals surface area (Å²) in [5.74, 6) is 0.0586. The summed E-state index contributed by atoms with van der Waals surface area (Å²) in [5, 5.41) is 2.90. The molecule has 0 heterocycles. The van der Waals surface area contributed by atoms with Gasteiger partial charge in [0.15, 0.2) is 0 Å². The summed E-state index contributed by atoms with van der Waals surface area (Å²) in [6, 6.07) is 0.437. The molecule has 0 radical (unpaired) electrons. The van der Waals surface area contributed by atoms with Gasteiger partial charge in [-0.3, -0.25) is 9.69 Å². The summed E-state index contributed by atoms with van der Waals surface area (Å²) >= 11 is 4.94. The molecule has 0 saturated carbocycles. The number of amides is 1. The summed E-state index contributed by atoms with van der Waals surface area (Å²) in [5.41, 5.74) is 5.58. The van der Waals surface area contributed by atoms with Gasteiger partial charge in [0.25, 0.3) is 0 Å². The van der Waals surface area contributed by atoms with Crippen molar-refractivity contribution in [3.8, 4) is 0 Å². The Morgan fingerprint density at radius 1 is 1.41 bits per heavy atom. The van der Waals surface area contributed by atoms with E-state index in [2.05, 4.69) is 17.1 Å². The Morgan fingerprint density at radius 3 is 2.35 bits per heavy atom. The van der Waals surface area contributed by atoms with E-state index in [1.54, 1.807) is 0 Å². The number of nitrogens with zero attached hydrogens (tertiary/aromatic N) is 1. The van der Waals surface area contributed by atoms with Crippen LogP contribution < -0.4 is 11.1 Å². The number of carbonyl (C=O) groups is 1. The first kappa shape index (κ1) is 16.3. The highest BCUT2D eigenvalue weighted by molar-refractivity contribution is 7.80. The van der Waals surface area contributed by atoms with Crippen LogP contribution in [0.1, 0.15) is 40.5 Å². The maximum atomic E-state index is 11.7. The molecule has 0 aliphatic heterocycles. The fourth-order valence-corrected chi connectivity index (χ4v) is 2.01. The zero-order valence-corrected chi connectivity index (χ0v) is 12.1. The maximum absolute atomic E-state index is 11.7. The van der Waals surface area contributed by atoms with Crippen LogP contribution in [-0.4, -0.2) is 41.0 Å². The molecular formula is C12H25N3OS. The van der Waals surface area contributed by atoms with Gasteiger partial charge in [-0.1, -0.05) is 26.1 Å². The monoisotopic (exact) mass is 259 g/mol. The molecule has 1 atom stereocenters. The van der Waals surface area contributed by atoms with Gasteiger partial charge in [0.2, 0.25) is 5.91 Å². The molecule has 1 unspecified atom stereocenters. The minimum Gasteiger partial charge on any atom is -0.393 e. The molecule has 3 N–H and O–H groups in total. The Bertz CT molecular complexity index is 256. The number of carbonyl (C=O) groups excluding carboxylic acids is 1. The van der Waals surface area contributed by atoms with Crippen LogP contribution in [0.5, 0.6) is 0 Å². The van der Waals surface area contributed by atoms with E-state index in [4.69, 9.17) is 18.0 Å². The predicted octanol–water partition coefficient (Wildman–Crippen LogP) is 1.29. The molecule has 0 aliphatic rings. The SMILES string of the molecule is CCC(CC(N)=S)N(CC)CC(=O)NC(C)C. The molecule has 0 spiro atoms. The van der Waals surface area contributed by atoms with Crippen molar-refractivity contribution in [3.05, 3.63) is 0 Å². The number of hydrogen-bond donors (Lipinski definition) is 2. The first-order valence-electron chi connectivity index (χ1n) is 6.22. The van der Waals surface area contributed by atoms with Crippen molar-refractivity contribution in [2.45, 2.75) is 52.6 Å². The van der Waals surface area contributed by atoms with Gasteiger partial charge in [-0.15, -0.1) is 0 Å². The molecule has 100 valence electrons. The predicted molar refractivity (Wildman–Crippen MR) is 76.0 cm³/mol. The minimum absolute atomic E-state index is 0.0586. The van der Waals surface area contributed by atoms with Crippen molar-refractivity contribution in [2.24, 2.45) is 5.73 Å². The van der Waals surface area contributed by atoms with E-state index < -0.39 is 0 Å². The highest BCUT2D eigenvalue weighted by atomic mass is 32.1. The molecular weight excluding hydrogens is 234 g/mol. The van der Waals surface area contributed by atoms with E-state index in [0.717, 1.165) is 13.0 Å². The number of thiocarbonyl (C=S) groups is 1. The van der Waals surface area contributed by atoms with Crippen molar-refractivity contribution in [1.29, 1.82) is 0 Å². The average molecular weight is 259 g/mol. The van der Waals surface area contributed by atoms with Crippen LogP contribution in [0.15, 0.2) is 0 Å². The second-order valence-corrected chi connectivity index (χ2v) is 5.04. The Hall–Kier alpha value is -0.680. The van der Waals surface area contributed by atoms with Crippen LogP contribution in [0, 0.1) is 0 Å². The molecule has 17 heavy (non-hydrogen) atoms. The Morgan fingerprint density at radius 2 is 2.00 bits per heavy atom. The highest BCUT2D eigenvalue weighted by Crippen LogP contribution is 2.08. The van der Waals surface area contributed by atoms with Crippen molar-refractivity contribution >= 4 is 23.1 Å². The number of nitrogens with two attached hydrogens (primary N) is 1. The summed E-state index contributed by atoms with van der Waals surface area (Å²) in [4.78, 5) is 14.3. The van der Waals surface area contributed by atoms with Gasteiger partial charge in [-0.2, -0.15) is 0 Å². The normalized spacial score (nSPS) is 12.8. The summed E-state index contributed by atoms with van der Waals surface area (Å²) in [6.45, 7) is 9.29. The highest BCUT2D eigenvalue weighted by Gasteiger charge is 2.19. The first-order valence-corrected chi connectivity index (χ1v) is 6.63.